The monoisotopic (exact) mass is 512 g/mol. The Labute approximate surface area is 216 Å². The molecule has 1 atom stereocenters. The molecule has 5 nitrogen and oxygen atoms in total. The lowest BCUT2D eigenvalue weighted by molar-refractivity contribution is -0.142. The number of amides is 2. The number of ether oxygens (including phenoxy) is 1. The van der Waals surface area contributed by atoms with E-state index in [1.807, 2.05) is 42.5 Å². The largest absolute Gasteiger partial charge is 0.483 e. The summed E-state index contributed by atoms with van der Waals surface area (Å²) in [6, 6.07) is 18.2. The molecule has 0 spiro atoms. The van der Waals surface area contributed by atoms with E-state index < -0.39 is 6.04 Å². The minimum atomic E-state index is -0.688. The molecule has 0 heterocycles. The van der Waals surface area contributed by atoms with E-state index in [2.05, 4.69) is 5.32 Å². The molecular formula is C28H30Cl2N2O3. The molecule has 1 aliphatic rings. The summed E-state index contributed by atoms with van der Waals surface area (Å²) in [5.41, 5.74) is 0.715. The van der Waals surface area contributed by atoms with Crippen LogP contribution in [0.4, 0.5) is 0 Å². The van der Waals surface area contributed by atoms with Crippen molar-refractivity contribution in [2.24, 2.45) is 0 Å². The van der Waals surface area contributed by atoms with Gasteiger partial charge in [-0.15, -0.1) is 0 Å². The molecule has 0 aromatic heterocycles. The number of hydrogen-bond donors (Lipinski definition) is 1. The maximum atomic E-state index is 13.4. The number of halogens is 2. The van der Waals surface area contributed by atoms with Crippen LogP contribution in [0.15, 0.2) is 60.7 Å². The molecule has 0 bridgehead atoms. The number of carbonyl (C=O) groups excluding carboxylic acids is 2. The van der Waals surface area contributed by atoms with Crippen molar-refractivity contribution in [3.05, 3.63) is 76.3 Å². The van der Waals surface area contributed by atoms with Crippen LogP contribution >= 0.6 is 23.2 Å². The van der Waals surface area contributed by atoms with E-state index in [0.29, 0.717) is 21.4 Å². The van der Waals surface area contributed by atoms with Crippen LogP contribution in [0.1, 0.15) is 44.6 Å². The van der Waals surface area contributed by atoms with Crippen molar-refractivity contribution >= 4 is 45.8 Å². The van der Waals surface area contributed by atoms with Crippen LogP contribution in [0.2, 0.25) is 10.0 Å². The molecule has 4 rings (SSSR count). The van der Waals surface area contributed by atoms with Gasteiger partial charge in [-0.3, -0.25) is 9.59 Å². The second-order valence-corrected chi connectivity index (χ2v) is 9.89. The van der Waals surface area contributed by atoms with E-state index in [9.17, 15) is 9.59 Å². The second kappa shape index (κ2) is 11.8. The summed E-state index contributed by atoms with van der Waals surface area (Å²) in [6.07, 6.45) is 5.37. The van der Waals surface area contributed by atoms with Gasteiger partial charge in [0.05, 0.1) is 0 Å². The lowest BCUT2D eigenvalue weighted by atomic mass is 9.95. The van der Waals surface area contributed by atoms with E-state index in [4.69, 9.17) is 27.9 Å². The van der Waals surface area contributed by atoms with Gasteiger partial charge in [-0.05, 0) is 48.9 Å². The normalized spacial score (nSPS) is 14.9. The average molecular weight is 513 g/mol. The smallest absolute Gasteiger partial charge is 0.261 e. The van der Waals surface area contributed by atoms with Gasteiger partial charge in [0.1, 0.15) is 11.8 Å². The Morgan fingerprint density at radius 3 is 2.54 bits per heavy atom. The fourth-order valence-electron chi connectivity index (χ4n) is 4.53. The highest BCUT2D eigenvalue weighted by atomic mass is 35.5. The molecule has 0 saturated heterocycles. The molecular weight excluding hydrogens is 483 g/mol. The molecule has 1 fully saturated rings. The summed E-state index contributed by atoms with van der Waals surface area (Å²) < 4.78 is 5.95. The Bertz CT molecular complexity index is 1190. The maximum Gasteiger partial charge on any atom is 0.261 e. The third-order valence-corrected chi connectivity index (χ3v) is 7.16. The fourth-order valence-corrected chi connectivity index (χ4v) is 5.00. The molecule has 35 heavy (non-hydrogen) atoms. The average Bonchev–Trinajstić information content (AvgIpc) is 2.87. The van der Waals surface area contributed by atoms with E-state index in [1.165, 1.54) is 11.3 Å². The standard InChI is InChI=1S/C28H30Cl2N2O3/c1-19(28(34)31-23-10-3-2-4-11-23)32(17-21-14-15-22(29)16-25(21)30)27(33)18-35-26-13-7-9-20-8-5-6-12-24(20)26/h5-9,12-16,19,23H,2-4,10-11,17-18H2,1H3,(H,31,34)/t19-/m1/s1. The molecule has 0 radical (unpaired) electrons. The zero-order valence-corrected chi connectivity index (χ0v) is 21.3. The molecule has 0 unspecified atom stereocenters. The summed E-state index contributed by atoms with van der Waals surface area (Å²) >= 11 is 12.5. The van der Waals surface area contributed by atoms with Gasteiger partial charge in [0, 0.05) is 28.0 Å². The van der Waals surface area contributed by atoms with Crippen LogP contribution in [0, 0.1) is 0 Å². The van der Waals surface area contributed by atoms with Crippen LogP contribution in [0.25, 0.3) is 10.8 Å². The zero-order chi connectivity index (χ0) is 24.8. The summed E-state index contributed by atoms with van der Waals surface area (Å²) in [5, 5.41) is 6.05. The highest BCUT2D eigenvalue weighted by Gasteiger charge is 2.29. The first-order valence-electron chi connectivity index (χ1n) is 12.1. The first-order chi connectivity index (χ1) is 16.9. The number of benzene rings is 3. The van der Waals surface area contributed by atoms with E-state index in [-0.39, 0.29) is 31.0 Å². The number of carbonyl (C=O) groups is 2. The Kier molecular flexibility index (Phi) is 8.53. The predicted octanol–water partition coefficient (Wildman–Crippen LogP) is 6.39. The van der Waals surface area contributed by atoms with Crippen LogP contribution < -0.4 is 10.1 Å². The van der Waals surface area contributed by atoms with Gasteiger partial charge in [-0.1, -0.05) is 84.9 Å². The summed E-state index contributed by atoms with van der Waals surface area (Å²) in [4.78, 5) is 28.1. The van der Waals surface area contributed by atoms with Gasteiger partial charge in [0.15, 0.2) is 6.61 Å². The molecule has 1 aliphatic carbocycles. The van der Waals surface area contributed by atoms with Crippen molar-refractivity contribution in [3.8, 4) is 5.75 Å². The van der Waals surface area contributed by atoms with Gasteiger partial charge in [0.25, 0.3) is 5.91 Å². The lowest BCUT2D eigenvalue weighted by Crippen LogP contribution is -2.51. The Hall–Kier alpha value is -2.76. The van der Waals surface area contributed by atoms with E-state index >= 15 is 0 Å². The van der Waals surface area contributed by atoms with Gasteiger partial charge < -0.3 is 15.0 Å². The summed E-state index contributed by atoms with van der Waals surface area (Å²) in [6.45, 7) is 1.73. The Morgan fingerprint density at radius 2 is 1.77 bits per heavy atom. The minimum Gasteiger partial charge on any atom is -0.483 e. The number of rotatable bonds is 8. The maximum absolute atomic E-state index is 13.4. The van der Waals surface area contributed by atoms with Gasteiger partial charge >= 0.3 is 0 Å². The summed E-state index contributed by atoms with van der Waals surface area (Å²) in [7, 11) is 0. The minimum absolute atomic E-state index is 0.154. The quantitative estimate of drug-likeness (QED) is 0.380. The first kappa shape index (κ1) is 25.3. The van der Waals surface area contributed by atoms with Crippen LogP contribution in [0.3, 0.4) is 0 Å². The number of fused-ring (bicyclic) bond motifs is 1. The van der Waals surface area contributed by atoms with Crippen molar-refractivity contribution in [2.45, 2.75) is 57.7 Å². The van der Waals surface area contributed by atoms with E-state index in [0.717, 1.165) is 36.5 Å². The van der Waals surface area contributed by atoms with Gasteiger partial charge in [0.2, 0.25) is 5.91 Å². The molecule has 2 amide bonds. The highest BCUT2D eigenvalue weighted by molar-refractivity contribution is 6.35. The number of nitrogens with one attached hydrogen (secondary N) is 1. The van der Waals surface area contributed by atoms with Crippen molar-refractivity contribution in [1.29, 1.82) is 0 Å². The number of nitrogens with zero attached hydrogens (tertiary/aromatic N) is 1. The topological polar surface area (TPSA) is 58.6 Å². The van der Waals surface area contributed by atoms with Crippen LogP contribution in [-0.2, 0) is 16.1 Å². The molecule has 184 valence electrons. The molecule has 7 heteroatoms. The Balaban J connectivity index is 1.52. The van der Waals surface area contributed by atoms with Crippen molar-refractivity contribution in [2.75, 3.05) is 6.61 Å². The van der Waals surface area contributed by atoms with Crippen molar-refractivity contribution in [1.82, 2.24) is 10.2 Å². The van der Waals surface area contributed by atoms with Crippen LogP contribution in [-0.4, -0.2) is 35.4 Å². The predicted molar refractivity (Wildman–Crippen MR) is 141 cm³/mol. The third kappa shape index (κ3) is 6.47. The van der Waals surface area contributed by atoms with E-state index in [1.54, 1.807) is 25.1 Å². The zero-order valence-electron chi connectivity index (χ0n) is 19.8. The molecule has 1 saturated carbocycles. The van der Waals surface area contributed by atoms with Gasteiger partial charge in [-0.25, -0.2) is 0 Å². The van der Waals surface area contributed by atoms with Crippen molar-refractivity contribution in [3.63, 3.8) is 0 Å². The highest BCUT2D eigenvalue weighted by Crippen LogP contribution is 2.26. The molecule has 0 aliphatic heterocycles. The second-order valence-electron chi connectivity index (χ2n) is 9.04. The fraction of sp³-hybridized carbons (Fsp3) is 0.357. The third-order valence-electron chi connectivity index (χ3n) is 6.58. The Morgan fingerprint density at radius 1 is 1.03 bits per heavy atom. The molecule has 3 aromatic rings. The lowest BCUT2D eigenvalue weighted by Gasteiger charge is -2.31. The summed E-state index contributed by atoms with van der Waals surface area (Å²) in [5.74, 6) is 0.163. The molecule has 3 aromatic carbocycles. The first-order valence-corrected chi connectivity index (χ1v) is 12.8. The van der Waals surface area contributed by atoms with Crippen LogP contribution in [0.5, 0.6) is 5.75 Å². The number of hydrogen-bond acceptors (Lipinski definition) is 3. The SMILES string of the molecule is C[C@H](C(=O)NC1CCCCC1)N(Cc1ccc(Cl)cc1Cl)C(=O)COc1cccc2ccccc12. The molecule has 1 N–H and O–H groups in total. The van der Waals surface area contributed by atoms with Gasteiger partial charge in [-0.2, -0.15) is 0 Å². The van der Waals surface area contributed by atoms with Crippen molar-refractivity contribution < 1.29 is 14.3 Å².